The number of pyridine rings is 1. The summed E-state index contributed by atoms with van der Waals surface area (Å²) in [4.78, 5) is 13.9. The first-order chi connectivity index (χ1) is 11.8. The lowest BCUT2D eigenvalue weighted by Gasteiger charge is -2.31. The van der Waals surface area contributed by atoms with Crippen LogP contribution < -0.4 is 0 Å². The summed E-state index contributed by atoms with van der Waals surface area (Å²) in [6.07, 6.45) is 7.11. The first-order valence-corrected chi connectivity index (χ1v) is 8.72. The molecule has 2 aromatic heterocycles. The molecule has 6 nitrogen and oxygen atoms in total. The van der Waals surface area contributed by atoms with E-state index < -0.39 is 0 Å². The normalized spacial score (nSPS) is 21.3. The summed E-state index contributed by atoms with van der Waals surface area (Å²) < 4.78 is 7.85. The van der Waals surface area contributed by atoms with E-state index in [9.17, 15) is 0 Å². The molecule has 1 fully saturated rings. The van der Waals surface area contributed by atoms with Crippen molar-refractivity contribution in [1.29, 1.82) is 0 Å². The van der Waals surface area contributed by atoms with E-state index in [0.717, 1.165) is 58.1 Å². The van der Waals surface area contributed by atoms with Crippen LogP contribution in [0.5, 0.6) is 0 Å². The third kappa shape index (κ3) is 3.50. The molecule has 0 aliphatic carbocycles. The van der Waals surface area contributed by atoms with E-state index >= 15 is 0 Å². The Kier molecular flexibility index (Phi) is 4.60. The molecule has 2 aliphatic heterocycles. The van der Waals surface area contributed by atoms with E-state index in [4.69, 9.17) is 9.72 Å². The van der Waals surface area contributed by atoms with Crippen LogP contribution in [-0.2, 0) is 30.9 Å². The molecule has 0 amide bonds. The summed E-state index contributed by atoms with van der Waals surface area (Å²) >= 11 is 0. The van der Waals surface area contributed by atoms with Gasteiger partial charge in [0.1, 0.15) is 5.82 Å². The van der Waals surface area contributed by atoms with Crippen LogP contribution in [-0.4, -0.2) is 57.2 Å². The number of rotatable bonds is 5. The van der Waals surface area contributed by atoms with Crippen LogP contribution in [0.4, 0.5) is 0 Å². The summed E-state index contributed by atoms with van der Waals surface area (Å²) in [5, 5.41) is 0. The summed E-state index contributed by atoms with van der Waals surface area (Å²) in [6.45, 7) is 6.61. The number of imidazole rings is 1. The van der Waals surface area contributed by atoms with Gasteiger partial charge in [0, 0.05) is 57.4 Å². The molecule has 2 aliphatic rings. The lowest BCUT2D eigenvalue weighted by molar-refractivity contribution is 0.121. The molecule has 1 atom stereocenters. The highest BCUT2D eigenvalue weighted by atomic mass is 16.5. The summed E-state index contributed by atoms with van der Waals surface area (Å²) in [5.41, 5.74) is 2.39. The highest BCUT2D eigenvalue weighted by molar-refractivity contribution is 5.10. The molecule has 2 aromatic rings. The summed E-state index contributed by atoms with van der Waals surface area (Å²) in [7, 11) is 2.13. The van der Waals surface area contributed by atoms with E-state index in [1.54, 1.807) is 0 Å². The number of hydrogen-bond donors (Lipinski definition) is 0. The van der Waals surface area contributed by atoms with E-state index in [-0.39, 0.29) is 0 Å². The van der Waals surface area contributed by atoms with E-state index in [0.29, 0.717) is 6.04 Å². The zero-order valence-corrected chi connectivity index (χ0v) is 14.3. The second-order valence-corrected chi connectivity index (χ2v) is 6.86. The molecule has 0 radical (unpaired) electrons. The van der Waals surface area contributed by atoms with Gasteiger partial charge in [-0.3, -0.25) is 14.8 Å². The summed E-state index contributed by atoms with van der Waals surface area (Å²) in [5.74, 6) is 1.19. The van der Waals surface area contributed by atoms with Crippen LogP contribution in [0.15, 0.2) is 30.7 Å². The third-order valence-corrected chi connectivity index (χ3v) is 4.91. The van der Waals surface area contributed by atoms with Crippen LogP contribution in [0.3, 0.4) is 0 Å². The van der Waals surface area contributed by atoms with Gasteiger partial charge in [-0.05, 0) is 25.1 Å². The molecule has 128 valence electrons. The number of nitrogens with zero attached hydrogens (tertiary/aromatic N) is 5. The van der Waals surface area contributed by atoms with E-state index in [1.165, 1.54) is 11.4 Å². The zero-order chi connectivity index (χ0) is 16.4. The number of ether oxygens (including phenoxy) is 1. The molecule has 0 N–H and O–H groups in total. The van der Waals surface area contributed by atoms with Crippen LogP contribution in [0.2, 0.25) is 0 Å². The number of fused-ring (bicyclic) bond motifs is 1. The molecule has 0 aromatic carbocycles. The maximum absolute atomic E-state index is 5.53. The van der Waals surface area contributed by atoms with Crippen molar-refractivity contribution in [3.8, 4) is 0 Å². The van der Waals surface area contributed by atoms with Crippen LogP contribution >= 0.6 is 0 Å². The fourth-order valence-corrected chi connectivity index (χ4v) is 3.66. The van der Waals surface area contributed by atoms with Gasteiger partial charge in [-0.1, -0.05) is 6.07 Å². The topological polar surface area (TPSA) is 46.4 Å². The molecule has 1 saturated heterocycles. The fourth-order valence-electron chi connectivity index (χ4n) is 3.66. The molecule has 0 spiro atoms. The fraction of sp³-hybridized carbons (Fsp3) is 0.556. The van der Waals surface area contributed by atoms with Crippen molar-refractivity contribution in [3.05, 3.63) is 47.8 Å². The van der Waals surface area contributed by atoms with Gasteiger partial charge in [0.2, 0.25) is 0 Å². The van der Waals surface area contributed by atoms with Gasteiger partial charge in [0.25, 0.3) is 0 Å². The molecular formula is C18H25N5O. The Morgan fingerprint density at radius 1 is 1.33 bits per heavy atom. The molecule has 4 heterocycles. The van der Waals surface area contributed by atoms with Crippen molar-refractivity contribution in [2.45, 2.75) is 38.6 Å². The summed E-state index contributed by atoms with van der Waals surface area (Å²) in [6, 6.07) is 4.68. The van der Waals surface area contributed by atoms with Gasteiger partial charge >= 0.3 is 0 Å². The smallest absolute Gasteiger partial charge is 0.123 e. The quantitative estimate of drug-likeness (QED) is 0.833. The van der Waals surface area contributed by atoms with Crippen LogP contribution in [0.25, 0.3) is 0 Å². The maximum atomic E-state index is 5.53. The molecule has 6 heteroatoms. The first kappa shape index (κ1) is 15.7. The standard InChI is InChI=1S/C18H25N5O/c1-21(10-15-3-2-5-19-9-15)11-16-12-23-7-6-22(13-18(23)20-16)17-4-8-24-14-17/h2-3,5,9,12,17H,4,6-8,10-11,13-14H2,1H3/t17-/m1/s1. The van der Waals surface area contributed by atoms with Gasteiger partial charge in [-0.25, -0.2) is 4.98 Å². The number of aromatic nitrogens is 3. The Morgan fingerprint density at radius 2 is 2.29 bits per heavy atom. The predicted octanol–water partition coefficient (Wildman–Crippen LogP) is 1.51. The van der Waals surface area contributed by atoms with Gasteiger partial charge < -0.3 is 9.30 Å². The van der Waals surface area contributed by atoms with Crippen molar-refractivity contribution in [2.75, 3.05) is 26.8 Å². The van der Waals surface area contributed by atoms with Gasteiger partial charge in [-0.15, -0.1) is 0 Å². The van der Waals surface area contributed by atoms with Crippen molar-refractivity contribution in [1.82, 2.24) is 24.3 Å². The molecule has 4 rings (SSSR count). The van der Waals surface area contributed by atoms with Gasteiger partial charge in [-0.2, -0.15) is 0 Å². The van der Waals surface area contributed by atoms with Crippen LogP contribution in [0.1, 0.15) is 23.5 Å². The minimum absolute atomic E-state index is 0.576. The minimum Gasteiger partial charge on any atom is -0.380 e. The Labute approximate surface area is 143 Å². The largest absolute Gasteiger partial charge is 0.380 e. The van der Waals surface area contributed by atoms with Gasteiger partial charge in [0.05, 0.1) is 18.8 Å². The Balaban J connectivity index is 1.37. The predicted molar refractivity (Wildman–Crippen MR) is 91.3 cm³/mol. The van der Waals surface area contributed by atoms with Crippen LogP contribution in [0, 0.1) is 0 Å². The molecule has 0 bridgehead atoms. The highest BCUT2D eigenvalue weighted by Gasteiger charge is 2.27. The van der Waals surface area contributed by atoms with E-state index in [2.05, 4.69) is 38.7 Å². The van der Waals surface area contributed by atoms with Crippen molar-refractivity contribution in [2.24, 2.45) is 0 Å². The third-order valence-electron chi connectivity index (χ3n) is 4.91. The Hall–Kier alpha value is -1.76. The lowest BCUT2D eigenvalue weighted by atomic mass is 10.2. The Bertz CT molecular complexity index is 665. The average molecular weight is 327 g/mol. The lowest BCUT2D eigenvalue weighted by Crippen LogP contribution is -2.41. The zero-order valence-electron chi connectivity index (χ0n) is 14.3. The highest BCUT2D eigenvalue weighted by Crippen LogP contribution is 2.20. The second kappa shape index (κ2) is 7.01. The molecule has 0 saturated carbocycles. The molecule has 0 unspecified atom stereocenters. The average Bonchev–Trinajstić information content (AvgIpc) is 3.24. The number of hydrogen-bond acceptors (Lipinski definition) is 5. The monoisotopic (exact) mass is 327 g/mol. The van der Waals surface area contributed by atoms with E-state index in [1.807, 2.05) is 18.5 Å². The maximum Gasteiger partial charge on any atom is 0.123 e. The first-order valence-electron chi connectivity index (χ1n) is 8.72. The van der Waals surface area contributed by atoms with Gasteiger partial charge in [0.15, 0.2) is 0 Å². The minimum atomic E-state index is 0.576. The van der Waals surface area contributed by atoms with Crippen molar-refractivity contribution >= 4 is 0 Å². The molecular weight excluding hydrogens is 302 g/mol. The SMILES string of the molecule is CN(Cc1cccnc1)Cc1cn2c(n1)CN([C@@H]1CCOC1)CC2. The molecule has 24 heavy (non-hydrogen) atoms. The van der Waals surface area contributed by atoms with Crippen molar-refractivity contribution in [3.63, 3.8) is 0 Å². The van der Waals surface area contributed by atoms with Crippen molar-refractivity contribution < 1.29 is 4.74 Å². The second-order valence-electron chi connectivity index (χ2n) is 6.86. The Morgan fingerprint density at radius 3 is 3.08 bits per heavy atom.